The van der Waals surface area contributed by atoms with Crippen LogP contribution in [0.25, 0.3) is 0 Å². The highest BCUT2D eigenvalue weighted by atomic mass is 35.5. The van der Waals surface area contributed by atoms with Crippen LogP contribution in [-0.4, -0.2) is 34.4 Å². The molecule has 1 rings (SSSR count). The predicted octanol–water partition coefficient (Wildman–Crippen LogP) is 2.26. The van der Waals surface area contributed by atoms with Gasteiger partial charge in [0, 0.05) is 36.6 Å². The van der Waals surface area contributed by atoms with E-state index in [9.17, 15) is 8.42 Å². The van der Waals surface area contributed by atoms with Gasteiger partial charge < -0.3 is 10.1 Å². The Labute approximate surface area is 120 Å². The van der Waals surface area contributed by atoms with Gasteiger partial charge in [0.05, 0.1) is 4.90 Å². The van der Waals surface area contributed by atoms with Crippen LogP contribution in [0.5, 0.6) is 0 Å². The van der Waals surface area contributed by atoms with E-state index in [0.717, 1.165) is 13.0 Å². The molecule has 0 aliphatic carbocycles. The molecule has 0 aliphatic rings. The highest BCUT2D eigenvalue weighted by molar-refractivity contribution is 7.90. The number of ether oxygens (including phenoxy) is 1. The second-order valence-corrected chi connectivity index (χ2v) is 6.61. The minimum Gasteiger partial charge on any atom is -0.382 e. The van der Waals surface area contributed by atoms with E-state index in [-0.39, 0.29) is 4.90 Å². The molecule has 0 atom stereocenters. The first-order valence-corrected chi connectivity index (χ1v) is 8.49. The molecular formula is C13H20ClNO3S. The summed E-state index contributed by atoms with van der Waals surface area (Å²) in [6.45, 7) is 4.56. The lowest BCUT2D eigenvalue weighted by molar-refractivity contribution is 0.144. The van der Waals surface area contributed by atoms with Gasteiger partial charge in [-0.05, 0) is 32.0 Å². The standard InChI is InChI=1S/C13H20ClNO3S/c1-3-18-9-5-8-15-10-11-12(14)6-4-7-13(11)19(2,16)17/h4,6-7,15H,3,5,8-10H2,1-2H3. The van der Waals surface area contributed by atoms with E-state index in [1.165, 1.54) is 6.26 Å². The van der Waals surface area contributed by atoms with Crippen LogP contribution >= 0.6 is 11.6 Å². The average Bonchev–Trinajstić information content (AvgIpc) is 2.33. The number of hydrogen-bond acceptors (Lipinski definition) is 4. The van der Waals surface area contributed by atoms with E-state index in [0.29, 0.717) is 30.3 Å². The quantitative estimate of drug-likeness (QED) is 0.749. The normalized spacial score (nSPS) is 11.7. The summed E-state index contributed by atoms with van der Waals surface area (Å²) in [4.78, 5) is 0.289. The van der Waals surface area contributed by atoms with E-state index < -0.39 is 9.84 Å². The maximum absolute atomic E-state index is 11.7. The van der Waals surface area contributed by atoms with Gasteiger partial charge in [-0.3, -0.25) is 0 Å². The summed E-state index contributed by atoms with van der Waals surface area (Å²) in [5.41, 5.74) is 0.628. The highest BCUT2D eigenvalue weighted by Gasteiger charge is 2.15. The summed E-state index contributed by atoms with van der Waals surface area (Å²) in [7, 11) is -3.26. The molecule has 4 nitrogen and oxygen atoms in total. The Morgan fingerprint density at radius 1 is 1.37 bits per heavy atom. The summed E-state index contributed by atoms with van der Waals surface area (Å²) in [5, 5.41) is 3.66. The SMILES string of the molecule is CCOCCCNCc1c(Cl)cccc1S(C)(=O)=O. The third kappa shape index (κ3) is 5.48. The number of halogens is 1. The molecule has 0 aliphatic heterocycles. The lowest BCUT2D eigenvalue weighted by Crippen LogP contribution is -2.18. The number of sulfone groups is 1. The maximum Gasteiger partial charge on any atom is 0.175 e. The molecule has 6 heteroatoms. The number of hydrogen-bond donors (Lipinski definition) is 1. The van der Waals surface area contributed by atoms with E-state index >= 15 is 0 Å². The van der Waals surface area contributed by atoms with Crippen LogP contribution in [0.15, 0.2) is 23.1 Å². The van der Waals surface area contributed by atoms with Gasteiger partial charge in [0.25, 0.3) is 0 Å². The third-order valence-corrected chi connectivity index (χ3v) is 4.16. The van der Waals surface area contributed by atoms with Crippen molar-refractivity contribution in [3.8, 4) is 0 Å². The molecule has 0 amide bonds. The average molecular weight is 306 g/mol. The van der Waals surface area contributed by atoms with Crippen molar-refractivity contribution in [2.24, 2.45) is 0 Å². The van der Waals surface area contributed by atoms with Crippen LogP contribution in [0.1, 0.15) is 18.9 Å². The summed E-state index contributed by atoms with van der Waals surface area (Å²) < 4.78 is 28.6. The predicted molar refractivity (Wildman–Crippen MR) is 77.4 cm³/mol. The first-order valence-electron chi connectivity index (χ1n) is 6.22. The van der Waals surface area contributed by atoms with Gasteiger partial charge in [0.2, 0.25) is 0 Å². The first-order chi connectivity index (χ1) is 8.96. The Morgan fingerprint density at radius 3 is 2.74 bits per heavy atom. The van der Waals surface area contributed by atoms with Crippen molar-refractivity contribution >= 4 is 21.4 Å². The van der Waals surface area contributed by atoms with Gasteiger partial charge in [-0.15, -0.1) is 0 Å². The van der Waals surface area contributed by atoms with Gasteiger partial charge in [0.1, 0.15) is 0 Å². The van der Waals surface area contributed by atoms with Gasteiger partial charge in [0.15, 0.2) is 9.84 Å². The Morgan fingerprint density at radius 2 is 2.11 bits per heavy atom. The minimum absolute atomic E-state index is 0.289. The molecule has 0 saturated carbocycles. The summed E-state index contributed by atoms with van der Waals surface area (Å²) in [6.07, 6.45) is 2.07. The smallest absolute Gasteiger partial charge is 0.175 e. The lowest BCUT2D eigenvalue weighted by atomic mass is 10.2. The molecule has 0 unspecified atom stereocenters. The van der Waals surface area contributed by atoms with Crippen molar-refractivity contribution in [2.45, 2.75) is 24.8 Å². The van der Waals surface area contributed by atoms with Crippen LogP contribution < -0.4 is 5.32 Å². The number of benzene rings is 1. The fourth-order valence-corrected chi connectivity index (χ4v) is 2.97. The molecule has 1 aromatic carbocycles. The van der Waals surface area contributed by atoms with Gasteiger partial charge in [-0.1, -0.05) is 17.7 Å². The first kappa shape index (κ1) is 16.4. The number of nitrogens with one attached hydrogen (secondary N) is 1. The topological polar surface area (TPSA) is 55.4 Å². The van der Waals surface area contributed by atoms with Crippen LogP contribution in [0.2, 0.25) is 5.02 Å². The molecule has 0 heterocycles. The second-order valence-electron chi connectivity index (χ2n) is 4.22. The molecule has 0 fully saturated rings. The fraction of sp³-hybridized carbons (Fsp3) is 0.538. The molecule has 0 saturated heterocycles. The molecule has 0 bridgehead atoms. The van der Waals surface area contributed by atoms with Gasteiger partial charge in [-0.2, -0.15) is 0 Å². The molecule has 0 spiro atoms. The Balaban J connectivity index is 2.63. The number of rotatable bonds is 8. The van der Waals surface area contributed by atoms with Gasteiger partial charge in [-0.25, -0.2) is 8.42 Å². The summed E-state index contributed by atoms with van der Waals surface area (Å²) in [5.74, 6) is 0. The van der Waals surface area contributed by atoms with E-state index in [1.807, 2.05) is 6.92 Å². The van der Waals surface area contributed by atoms with E-state index in [2.05, 4.69) is 5.32 Å². The van der Waals surface area contributed by atoms with Crippen molar-refractivity contribution < 1.29 is 13.2 Å². The van der Waals surface area contributed by atoms with Crippen molar-refractivity contribution in [1.29, 1.82) is 0 Å². The van der Waals surface area contributed by atoms with Gasteiger partial charge >= 0.3 is 0 Å². The molecule has 0 aromatic heterocycles. The molecule has 108 valence electrons. The summed E-state index contributed by atoms with van der Waals surface area (Å²) >= 11 is 6.07. The zero-order valence-corrected chi connectivity index (χ0v) is 12.9. The third-order valence-electron chi connectivity index (χ3n) is 2.62. The largest absolute Gasteiger partial charge is 0.382 e. The van der Waals surface area contributed by atoms with E-state index in [4.69, 9.17) is 16.3 Å². The van der Waals surface area contributed by atoms with E-state index in [1.54, 1.807) is 18.2 Å². The van der Waals surface area contributed by atoms with Crippen molar-refractivity contribution in [1.82, 2.24) is 5.32 Å². The summed E-state index contributed by atoms with van der Waals surface area (Å²) in [6, 6.07) is 4.93. The zero-order chi connectivity index (χ0) is 14.3. The van der Waals surface area contributed by atoms with Crippen molar-refractivity contribution in [3.63, 3.8) is 0 Å². The molecule has 1 aromatic rings. The van der Waals surface area contributed by atoms with Crippen LogP contribution in [0.3, 0.4) is 0 Å². The zero-order valence-electron chi connectivity index (χ0n) is 11.3. The fourth-order valence-electron chi connectivity index (χ4n) is 1.71. The molecule has 1 N–H and O–H groups in total. The van der Waals surface area contributed by atoms with Crippen molar-refractivity contribution in [2.75, 3.05) is 26.0 Å². The highest BCUT2D eigenvalue weighted by Crippen LogP contribution is 2.23. The second kappa shape index (κ2) is 7.85. The minimum atomic E-state index is -3.26. The van der Waals surface area contributed by atoms with Crippen molar-refractivity contribution in [3.05, 3.63) is 28.8 Å². The monoisotopic (exact) mass is 305 g/mol. The van der Waals surface area contributed by atoms with Crippen LogP contribution in [0, 0.1) is 0 Å². The Hall–Kier alpha value is -0.620. The maximum atomic E-state index is 11.7. The Kier molecular flexibility index (Phi) is 6.79. The van der Waals surface area contributed by atoms with Crippen LogP contribution in [-0.2, 0) is 21.1 Å². The molecular weight excluding hydrogens is 286 g/mol. The lowest BCUT2D eigenvalue weighted by Gasteiger charge is -2.11. The molecule has 19 heavy (non-hydrogen) atoms. The molecule has 0 radical (unpaired) electrons. The Bertz CT molecular complexity index is 503. The van der Waals surface area contributed by atoms with Crippen LogP contribution in [0.4, 0.5) is 0 Å².